The molecule has 108 valence electrons. The molecule has 21 heavy (non-hydrogen) atoms. The van der Waals surface area contributed by atoms with Gasteiger partial charge in [-0.2, -0.15) is 0 Å². The molecule has 3 aromatic rings. The number of aromatic nitrogens is 1. The fourth-order valence-corrected chi connectivity index (χ4v) is 2.28. The largest absolute Gasteiger partial charge is 0.508 e. The zero-order chi connectivity index (χ0) is 15.0. The minimum Gasteiger partial charge on any atom is -0.508 e. The number of aromatic hydroxyl groups is 1. The van der Waals surface area contributed by atoms with E-state index in [9.17, 15) is 5.11 Å². The summed E-state index contributed by atoms with van der Waals surface area (Å²) in [7, 11) is 0. The van der Waals surface area contributed by atoms with Gasteiger partial charge in [0.25, 0.3) is 0 Å². The number of benzene rings is 2. The van der Waals surface area contributed by atoms with Gasteiger partial charge in [0.05, 0.1) is 0 Å². The number of hydrogen-bond donors (Lipinski definition) is 1. The molecule has 0 atom stereocenters. The molecule has 1 aromatic heterocycles. The van der Waals surface area contributed by atoms with Crippen LogP contribution >= 0.6 is 0 Å². The van der Waals surface area contributed by atoms with Gasteiger partial charge in [0.2, 0.25) is 5.89 Å². The molecule has 0 fully saturated rings. The third-order valence-corrected chi connectivity index (χ3v) is 4.17. The van der Waals surface area contributed by atoms with Crippen LogP contribution in [0, 0.1) is 0 Å². The first kappa shape index (κ1) is 13.7. The van der Waals surface area contributed by atoms with Gasteiger partial charge in [0.1, 0.15) is 11.3 Å². The first-order valence-corrected chi connectivity index (χ1v) is 7.20. The minimum atomic E-state index is 0.131. The molecule has 3 heteroatoms. The topological polar surface area (TPSA) is 46.3 Å². The van der Waals surface area contributed by atoms with Crippen molar-refractivity contribution in [3.05, 3.63) is 48.0 Å². The Morgan fingerprint density at radius 2 is 1.81 bits per heavy atom. The van der Waals surface area contributed by atoms with Crippen LogP contribution in [0.15, 0.2) is 46.9 Å². The summed E-state index contributed by atoms with van der Waals surface area (Å²) in [6, 6.07) is 13.1. The van der Waals surface area contributed by atoms with Crippen molar-refractivity contribution in [2.75, 3.05) is 0 Å². The monoisotopic (exact) mass is 281 g/mol. The lowest BCUT2D eigenvalue weighted by atomic mass is 9.82. The van der Waals surface area contributed by atoms with Crippen LogP contribution in [0.25, 0.3) is 22.6 Å². The summed E-state index contributed by atoms with van der Waals surface area (Å²) in [5.74, 6) is 0.818. The fraction of sp³-hybridized carbons (Fsp3) is 0.278. The number of phenols is 1. The molecule has 0 bridgehead atoms. The van der Waals surface area contributed by atoms with Gasteiger partial charge in [0, 0.05) is 5.56 Å². The number of nitrogens with zero attached hydrogens (tertiary/aromatic N) is 1. The second-order valence-electron chi connectivity index (χ2n) is 5.99. The Morgan fingerprint density at radius 3 is 2.48 bits per heavy atom. The van der Waals surface area contributed by atoms with E-state index >= 15 is 0 Å². The highest BCUT2D eigenvalue weighted by molar-refractivity contribution is 5.77. The van der Waals surface area contributed by atoms with E-state index in [0.717, 1.165) is 23.1 Å². The highest BCUT2D eigenvalue weighted by atomic mass is 16.3. The Balaban J connectivity index is 2.06. The number of oxazole rings is 1. The van der Waals surface area contributed by atoms with Crippen molar-refractivity contribution in [1.82, 2.24) is 4.98 Å². The molecule has 0 aliphatic carbocycles. The van der Waals surface area contributed by atoms with Gasteiger partial charge in [-0.25, -0.2) is 4.98 Å². The normalized spacial score (nSPS) is 12.0. The van der Waals surface area contributed by atoms with Gasteiger partial charge < -0.3 is 9.52 Å². The molecular weight excluding hydrogens is 262 g/mol. The molecule has 0 aliphatic rings. The molecule has 0 amide bonds. The fourth-order valence-electron chi connectivity index (χ4n) is 2.28. The summed E-state index contributed by atoms with van der Waals surface area (Å²) in [5, 5.41) is 9.35. The molecule has 1 N–H and O–H groups in total. The maximum atomic E-state index is 9.35. The molecule has 3 rings (SSSR count). The van der Waals surface area contributed by atoms with Gasteiger partial charge >= 0.3 is 0 Å². The molecule has 2 aromatic carbocycles. The highest BCUT2D eigenvalue weighted by Crippen LogP contribution is 2.31. The summed E-state index contributed by atoms with van der Waals surface area (Å²) < 4.78 is 5.80. The second kappa shape index (κ2) is 4.92. The third-order valence-electron chi connectivity index (χ3n) is 4.17. The first-order chi connectivity index (χ1) is 9.99. The molecule has 0 aliphatic heterocycles. The Hall–Kier alpha value is -2.29. The van der Waals surface area contributed by atoms with Crippen LogP contribution in [0.2, 0.25) is 0 Å². The van der Waals surface area contributed by atoms with E-state index in [4.69, 9.17) is 4.42 Å². The van der Waals surface area contributed by atoms with E-state index < -0.39 is 0 Å². The van der Waals surface area contributed by atoms with Crippen LogP contribution in [0.4, 0.5) is 0 Å². The zero-order valence-electron chi connectivity index (χ0n) is 12.6. The van der Waals surface area contributed by atoms with Gasteiger partial charge in [-0.05, 0) is 53.8 Å². The van der Waals surface area contributed by atoms with Crippen molar-refractivity contribution < 1.29 is 9.52 Å². The third kappa shape index (κ3) is 2.51. The lowest BCUT2D eigenvalue weighted by Gasteiger charge is -2.22. The molecular formula is C18H19NO2. The molecule has 0 unspecified atom stereocenters. The summed E-state index contributed by atoms with van der Waals surface area (Å²) >= 11 is 0. The van der Waals surface area contributed by atoms with Crippen molar-refractivity contribution in [3.63, 3.8) is 0 Å². The summed E-state index contributed by atoms with van der Waals surface area (Å²) in [4.78, 5) is 4.57. The average Bonchev–Trinajstić information content (AvgIpc) is 2.90. The standard InChI is InChI=1S/C18H19NO2/c1-4-18(2,3)13-7-10-16-15(11-13)19-17(21-16)12-5-8-14(20)9-6-12/h5-11,20H,4H2,1-3H3. The lowest BCUT2D eigenvalue weighted by Crippen LogP contribution is -2.14. The Bertz CT molecular complexity index is 770. The van der Waals surface area contributed by atoms with Crippen LogP contribution in [0.1, 0.15) is 32.8 Å². The van der Waals surface area contributed by atoms with Crippen LogP contribution in [0.5, 0.6) is 5.75 Å². The Kier molecular flexibility index (Phi) is 3.20. The van der Waals surface area contributed by atoms with Crippen LogP contribution in [-0.2, 0) is 5.41 Å². The van der Waals surface area contributed by atoms with Gasteiger partial charge in [-0.15, -0.1) is 0 Å². The maximum Gasteiger partial charge on any atom is 0.227 e. The van der Waals surface area contributed by atoms with E-state index in [-0.39, 0.29) is 11.2 Å². The molecule has 0 radical (unpaired) electrons. The number of fused-ring (bicyclic) bond motifs is 1. The molecule has 0 saturated heterocycles. The summed E-state index contributed by atoms with van der Waals surface area (Å²) in [6.07, 6.45) is 1.07. The van der Waals surface area contributed by atoms with Crippen LogP contribution < -0.4 is 0 Å². The average molecular weight is 281 g/mol. The maximum absolute atomic E-state index is 9.35. The van der Waals surface area contributed by atoms with Crippen molar-refractivity contribution in [1.29, 1.82) is 0 Å². The first-order valence-electron chi connectivity index (χ1n) is 7.20. The van der Waals surface area contributed by atoms with Gasteiger partial charge in [-0.1, -0.05) is 26.8 Å². The van der Waals surface area contributed by atoms with Crippen molar-refractivity contribution >= 4 is 11.1 Å². The predicted molar refractivity (Wildman–Crippen MR) is 84.4 cm³/mol. The second-order valence-corrected chi connectivity index (χ2v) is 5.99. The highest BCUT2D eigenvalue weighted by Gasteiger charge is 2.19. The quantitative estimate of drug-likeness (QED) is 0.743. The Labute approximate surface area is 124 Å². The van der Waals surface area contributed by atoms with Gasteiger partial charge in [0.15, 0.2) is 5.58 Å². The minimum absolute atomic E-state index is 0.131. The Morgan fingerprint density at radius 1 is 1.10 bits per heavy atom. The molecule has 0 saturated carbocycles. The van der Waals surface area contributed by atoms with E-state index in [1.54, 1.807) is 24.3 Å². The predicted octanol–water partition coefficient (Wildman–Crippen LogP) is 4.89. The van der Waals surface area contributed by atoms with Crippen LogP contribution in [-0.4, -0.2) is 10.1 Å². The van der Waals surface area contributed by atoms with Crippen molar-refractivity contribution in [2.24, 2.45) is 0 Å². The van der Waals surface area contributed by atoms with E-state index in [2.05, 4.69) is 37.9 Å². The lowest BCUT2D eigenvalue weighted by molar-refractivity contribution is 0.475. The summed E-state index contributed by atoms with van der Waals surface area (Å²) in [5.41, 5.74) is 3.92. The SMILES string of the molecule is CCC(C)(C)c1ccc2oc(-c3ccc(O)cc3)nc2c1. The molecule has 1 heterocycles. The number of rotatable bonds is 3. The number of hydrogen-bond acceptors (Lipinski definition) is 3. The smallest absolute Gasteiger partial charge is 0.227 e. The summed E-state index contributed by atoms with van der Waals surface area (Å²) in [6.45, 7) is 6.65. The van der Waals surface area contributed by atoms with E-state index in [1.807, 2.05) is 6.07 Å². The van der Waals surface area contributed by atoms with Crippen LogP contribution in [0.3, 0.4) is 0 Å². The van der Waals surface area contributed by atoms with E-state index in [0.29, 0.717) is 5.89 Å². The number of phenolic OH excluding ortho intramolecular Hbond substituents is 1. The van der Waals surface area contributed by atoms with Crippen molar-refractivity contribution in [2.45, 2.75) is 32.6 Å². The van der Waals surface area contributed by atoms with Crippen molar-refractivity contribution in [3.8, 4) is 17.2 Å². The van der Waals surface area contributed by atoms with E-state index in [1.165, 1.54) is 5.56 Å². The molecule has 3 nitrogen and oxygen atoms in total. The van der Waals surface area contributed by atoms with Gasteiger partial charge in [-0.3, -0.25) is 0 Å². The zero-order valence-corrected chi connectivity index (χ0v) is 12.6. The molecule has 0 spiro atoms.